The fourth-order valence-electron chi connectivity index (χ4n) is 3.61. The Morgan fingerprint density at radius 1 is 1.29 bits per heavy atom. The summed E-state index contributed by atoms with van der Waals surface area (Å²) in [5.41, 5.74) is 2.12. The van der Waals surface area contributed by atoms with E-state index in [1.54, 1.807) is 10.7 Å². The van der Waals surface area contributed by atoms with Gasteiger partial charge in [-0.1, -0.05) is 18.2 Å². The third kappa shape index (κ3) is 3.90. The molecule has 1 N–H and O–H groups in total. The number of carboxylic acids is 1. The van der Waals surface area contributed by atoms with Gasteiger partial charge in [0.25, 0.3) is 0 Å². The van der Waals surface area contributed by atoms with Crippen LogP contribution >= 0.6 is 0 Å². The van der Waals surface area contributed by atoms with Gasteiger partial charge in [-0.15, -0.1) is 0 Å². The smallest absolute Gasteiger partial charge is 0.475 e. The molecule has 1 aromatic carbocycles. The van der Waals surface area contributed by atoms with Crippen molar-refractivity contribution in [1.29, 1.82) is 0 Å². The van der Waals surface area contributed by atoms with Crippen molar-refractivity contribution in [1.82, 2.24) is 14.7 Å². The van der Waals surface area contributed by atoms with Crippen LogP contribution in [0.1, 0.15) is 17.0 Å². The highest BCUT2D eigenvalue weighted by Crippen LogP contribution is 2.44. The van der Waals surface area contributed by atoms with E-state index >= 15 is 0 Å². The van der Waals surface area contributed by atoms with Crippen LogP contribution < -0.4 is 0 Å². The lowest BCUT2D eigenvalue weighted by molar-refractivity contribution is -0.192. The summed E-state index contributed by atoms with van der Waals surface area (Å²) in [6.07, 6.45) is -1.26. The molecule has 0 radical (unpaired) electrons. The first kappa shape index (κ1) is 20.3. The number of hydrogen-bond acceptors (Lipinski definition) is 5. The molecule has 0 aliphatic carbocycles. The fraction of sp³-hybridized carbons (Fsp3) is 0.412. The predicted octanol–water partition coefficient (Wildman–Crippen LogP) is 1.81. The van der Waals surface area contributed by atoms with Crippen molar-refractivity contribution in [3.05, 3.63) is 47.8 Å². The number of carboxylic acid groups (broad SMARTS) is 1. The Morgan fingerprint density at radius 3 is 2.50 bits per heavy atom. The number of rotatable bonds is 2. The van der Waals surface area contributed by atoms with Gasteiger partial charge in [0.05, 0.1) is 16.3 Å². The molecule has 4 rings (SSSR count). The topological polar surface area (TPSA) is 92.5 Å². The molecule has 2 aromatic rings. The minimum Gasteiger partial charge on any atom is -0.475 e. The fourth-order valence-corrected chi connectivity index (χ4v) is 5.83. The highest BCUT2D eigenvalue weighted by Gasteiger charge is 2.49. The molecule has 7 nitrogen and oxygen atoms in total. The van der Waals surface area contributed by atoms with E-state index in [4.69, 9.17) is 9.90 Å². The van der Waals surface area contributed by atoms with Gasteiger partial charge in [-0.3, -0.25) is 9.58 Å². The third-order valence-electron chi connectivity index (χ3n) is 4.77. The zero-order valence-corrected chi connectivity index (χ0v) is 15.6. The molecule has 2 unspecified atom stereocenters. The molecular formula is C17H18F3N3O4S. The maximum absolute atomic E-state index is 12.6. The number of aryl methyl sites for hydroxylation is 1. The van der Waals surface area contributed by atoms with E-state index in [1.165, 1.54) is 0 Å². The van der Waals surface area contributed by atoms with Gasteiger partial charge in [-0.2, -0.15) is 18.3 Å². The van der Waals surface area contributed by atoms with E-state index in [0.29, 0.717) is 11.4 Å². The van der Waals surface area contributed by atoms with Gasteiger partial charge in [-0.05, 0) is 11.6 Å². The quantitative estimate of drug-likeness (QED) is 0.801. The molecule has 1 fully saturated rings. The van der Waals surface area contributed by atoms with Crippen LogP contribution in [-0.2, 0) is 28.2 Å². The second-order valence-corrected chi connectivity index (χ2v) is 8.88. The van der Waals surface area contributed by atoms with Gasteiger partial charge >= 0.3 is 12.1 Å². The van der Waals surface area contributed by atoms with Crippen molar-refractivity contribution in [3.63, 3.8) is 0 Å². The van der Waals surface area contributed by atoms with Crippen molar-refractivity contribution in [2.45, 2.75) is 28.8 Å². The highest BCUT2D eigenvalue weighted by atomic mass is 32.2. The molecule has 2 aliphatic heterocycles. The lowest BCUT2D eigenvalue weighted by atomic mass is 9.99. The van der Waals surface area contributed by atoms with Gasteiger partial charge in [0.2, 0.25) is 0 Å². The van der Waals surface area contributed by atoms with Gasteiger partial charge in [-0.25, -0.2) is 13.2 Å². The summed E-state index contributed by atoms with van der Waals surface area (Å²) in [5, 5.41) is 11.0. The number of aromatic nitrogens is 2. The Labute approximate surface area is 159 Å². The molecule has 0 bridgehead atoms. The molecule has 0 spiro atoms. The van der Waals surface area contributed by atoms with E-state index in [-0.39, 0.29) is 11.2 Å². The molecule has 152 valence electrons. The maximum atomic E-state index is 12.6. The van der Waals surface area contributed by atoms with E-state index in [9.17, 15) is 21.6 Å². The summed E-state index contributed by atoms with van der Waals surface area (Å²) in [5.74, 6) is -2.64. The number of fused-ring (bicyclic) bond motifs is 3. The summed E-state index contributed by atoms with van der Waals surface area (Å²) >= 11 is 0. The Hall–Kier alpha value is -2.40. The molecule has 2 aliphatic rings. The molecular weight excluding hydrogens is 399 g/mol. The summed E-state index contributed by atoms with van der Waals surface area (Å²) < 4.78 is 58.8. The average Bonchev–Trinajstić information content (AvgIpc) is 3.25. The van der Waals surface area contributed by atoms with Crippen LogP contribution in [0.4, 0.5) is 13.2 Å². The van der Waals surface area contributed by atoms with Crippen molar-refractivity contribution in [2.24, 2.45) is 7.05 Å². The lowest BCUT2D eigenvalue weighted by Gasteiger charge is -2.16. The van der Waals surface area contributed by atoms with E-state index < -0.39 is 22.0 Å². The Balaban J connectivity index is 0.000000279. The first-order valence-corrected chi connectivity index (χ1v) is 9.87. The SMILES string of the molecule is Cn1cc(CN2CC3c4ccccc4S(=O)(=O)C3C2)cn1.O=C(O)C(F)(F)F. The van der Waals surface area contributed by atoms with Gasteiger partial charge in [0, 0.05) is 44.4 Å². The molecule has 1 saturated heterocycles. The monoisotopic (exact) mass is 417 g/mol. The molecule has 2 atom stereocenters. The zero-order chi connectivity index (χ0) is 20.7. The standard InChI is InChI=1S/C15H17N3O2S.C2HF3O2/c1-17-7-11(6-16-17)8-18-9-13-12-4-2-3-5-14(12)21(19,20)15(13)10-18;3-2(4,5)1(6)7/h2-7,13,15H,8-10H2,1H3;(H,6,7). The molecule has 3 heterocycles. The number of benzene rings is 1. The molecule has 11 heteroatoms. The number of sulfone groups is 1. The van der Waals surface area contributed by atoms with Crippen LogP contribution in [-0.4, -0.2) is 58.7 Å². The molecule has 0 saturated carbocycles. The zero-order valence-electron chi connectivity index (χ0n) is 14.8. The highest BCUT2D eigenvalue weighted by molar-refractivity contribution is 7.92. The van der Waals surface area contributed by atoms with Gasteiger partial charge in [0.15, 0.2) is 9.84 Å². The normalized spacial score (nSPS) is 22.9. The van der Waals surface area contributed by atoms with Gasteiger partial charge < -0.3 is 5.11 Å². The number of alkyl halides is 3. The Morgan fingerprint density at radius 2 is 1.93 bits per heavy atom. The van der Waals surface area contributed by atoms with Crippen LogP contribution in [0.2, 0.25) is 0 Å². The summed E-state index contributed by atoms with van der Waals surface area (Å²) in [7, 11) is -1.27. The van der Waals surface area contributed by atoms with Crippen LogP contribution in [0.5, 0.6) is 0 Å². The number of likely N-dealkylation sites (tertiary alicyclic amines) is 1. The minimum atomic E-state index is -5.08. The Kier molecular flexibility index (Phi) is 5.24. The second-order valence-electron chi connectivity index (χ2n) is 6.75. The molecule has 28 heavy (non-hydrogen) atoms. The summed E-state index contributed by atoms with van der Waals surface area (Å²) in [6, 6.07) is 7.45. The first-order valence-electron chi connectivity index (χ1n) is 8.33. The summed E-state index contributed by atoms with van der Waals surface area (Å²) in [6.45, 7) is 2.17. The first-order chi connectivity index (χ1) is 13.0. The van der Waals surface area contributed by atoms with Crippen molar-refractivity contribution in [2.75, 3.05) is 13.1 Å². The number of aliphatic carboxylic acids is 1. The Bertz CT molecular complexity index is 988. The number of halogens is 3. The largest absolute Gasteiger partial charge is 0.490 e. The third-order valence-corrected chi connectivity index (χ3v) is 7.03. The van der Waals surface area contributed by atoms with Crippen LogP contribution in [0.25, 0.3) is 0 Å². The second kappa shape index (κ2) is 7.21. The van der Waals surface area contributed by atoms with E-state index in [1.807, 2.05) is 37.6 Å². The van der Waals surface area contributed by atoms with E-state index in [0.717, 1.165) is 24.2 Å². The van der Waals surface area contributed by atoms with Gasteiger partial charge in [0.1, 0.15) is 0 Å². The van der Waals surface area contributed by atoms with Crippen molar-refractivity contribution in [3.8, 4) is 0 Å². The molecule has 0 amide bonds. The number of hydrogen-bond donors (Lipinski definition) is 1. The van der Waals surface area contributed by atoms with Crippen molar-refractivity contribution < 1.29 is 31.5 Å². The van der Waals surface area contributed by atoms with Crippen molar-refractivity contribution >= 4 is 15.8 Å². The maximum Gasteiger partial charge on any atom is 0.490 e. The summed E-state index contributed by atoms with van der Waals surface area (Å²) in [4.78, 5) is 11.7. The lowest BCUT2D eigenvalue weighted by Crippen LogP contribution is -2.25. The van der Waals surface area contributed by atoms with Crippen LogP contribution in [0, 0.1) is 0 Å². The average molecular weight is 417 g/mol. The van der Waals surface area contributed by atoms with Crippen LogP contribution in [0.3, 0.4) is 0 Å². The molecule has 1 aromatic heterocycles. The number of carbonyl (C=O) groups is 1. The number of nitrogens with zero attached hydrogens (tertiary/aromatic N) is 3. The minimum absolute atomic E-state index is 0.114. The predicted molar refractivity (Wildman–Crippen MR) is 92.3 cm³/mol. The van der Waals surface area contributed by atoms with Crippen LogP contribution in [0.15, 0.2) is 41.6 Å². The van der Waals surface area contributed by atoms with E-state index in [2.05, 4.69) is 10.00 Å².